The molecule has 3 aromatic rings. The monoisotopic (exact) mass is 431 g/mol. The molecule has 0 saturated heterocycles. The van der Waals surface area contributed by atoms with E-state index in [1.165, 1.54) is 11.8 Å². The van der Waals surface area contributed by atoms with Crippen LogP contribution in [0.2, 0.25) is 5.02 Å². The van der Waals surface area contributed by atoms with Crippen molar-refractivity contribution < 1.29 is 9.21 Å². The van der Waals surface area contributed by atoms with Crippen molar-refractivity contribution in [1.29, 1.82) is 5.41 Å². The van der Waals surface area contributed by atoms with E-state index in [0.29, 0.717) is 21.7 Å². The van der Waals surface area contributed by atoms with Crippen molar-refractivity contribution in [2.24, 2.45) is 4.99 Å². The predicted octanol–water partition coefficient (Wildman–Crippen LogP) is 5.90. The van der Waals surface area contributed by atoms with Gasteiger partial charge in [0.15, 0.2) is 5.17 Å². The number of hydrogen-bond acceptors (Lipinski definition) is 4. The first-order valence-electron chi connectivity index (χ1n) is 9.12. The van der Waals surface area contributed by atoms with E-state index in [1.54, 1.807) is 29.2 Å². The second-order valence-electron chi connectivity index (χ2n) is 6.64. The van der Waals surface area contributed by atoms with Gasteiger partial charge in [0, 0.05) is 16.0 Å². The smallest absolute Gasteiger partial charge is 0.283 e. The zero-order valence-electron chi connectivity index (χ0n) is 15.5. The zero-order chi connectivity index (χ0) is 20.7. The summed E-state index contributed by atoms with van der Waals surface area (Å²) in [6, 6.07) is 20.6. The summed E-state index contributed by atoms with van der Waals surface area (Å²) in [7, 11) is 0. The van der Waals surface area contributed by atoms with Crippen LogP contribution in [0.1, 0.15) is 11.3 Å². The molecule has 0 aliphatic carbocycles. The number of fused-ring (bicyclic) bond motifs is 1. The largest absolute Gasteiger partial charge is 0.457 e. The summed E-state index contributed by atoms with van der Waals surface area (Å²) in [5.41, 5.74) is 2.79. The maximum atomic E-state index is 12.6. The second kappa shape index (κ2) is 7.48. The number of nitrogens with one attached hydrogen (secondary N) is 1. The van der Waals surface area contributed by atoms with Crippen molar-refractivity contribution in [2.45, 2.75) is 0 Å². The van der Waals surface area contributed by atoms with Crippen LogP contribution < -0.4 is 0 Å². The molecule has 3 heterocycles. The molecule has 2 aromatic carbocycles. The van der Waals surface area contributed by atoms with Crippen LogP contribution >= 0.6 is 23.4 Å². The fourth-order valence-corrected chi connectivity index (χ4v) is 4.36. The number of amidine groups is 2. The first-order valence-corrected chi connectivity index (χ1v) is 10.4. The van der Waals surface area contributed by atoms with Crippen molar-refractivity contribution in [3.05, 3.63) is 94.1 Å². The Morgan fingerprint density at radius 2 is 1.83 bits per heavy atom. The highest BCUT2D eigenvalue weighted by Crippen LogP contribution is 2.37. The first-order chi connectivity index (χ1) is 14.6. The summed E-state index contributed by atoms with van der Waals surface area (Å²) in [6.45, 7) is 0. The van der Waals surface area contributed by atoms with Gasteiger partial charge in [0.1, 0.15) is 17.4 Å². The Balaban J connectivity index is 1.49. The third-order valence-corrected chi connectivity index (χ3v) is 5.77. The Kier molecular flexibility index (Phi) is 4.65. The third-order valence-electron chi connectivity index (χ3n) is 4.71. The number of carbonyl (C=O) groups excluding carboxylic acids is 1. The van der Waals surface area contributed by atoms with E-state index in [-0.39, 0.29) is 11.4 Å². The molecular weight excluding hydrogens is 418 g/mol. The average Bonchev–Trinajstić information content (AvgIpc) is 3.39. The SMILES string of the molecule is N=C1C(=Cc2ccc(-c3cccc(Cl)c3)o2)C(=O)N=C2SC=C(c3ccccc3)N12. The molecular formula is C23H14ClN3O2S. The van der Waals surface area contributed by atoms with E-state index in [2.05, 4.69) is 4.99 Å². The highest BCUT2D eigenvalue weighted by molar-refractivity contribution is 8.17. The molecule has 0 fully saturated rings. The Morgan fingerprint density at radius 1 is 1.03 bits per heavy atom. The molecule has 5 nitrogen and oxygen atoms in total. The predicted molar refractivity (Wildman–Crippen MR) is 121 cm³/mol. The molecule has 5 rings (SSSR count). The van der Waals surface area contributed by atoms with E-state index < -0.39 is 5.91 Å². The van der Waals surface area contributed by atoms with Crippen molar-refractivity contribution in [1.82, 2.24) is 4.90 Å². The number of rotatable bonds is 3. The Bertz CT molecular complexity index is 1270. The van der Waals surface area contributed by atoms with Crippen LogP contribution in [0.25, 0.3) is 23.1 Å². The van der Waals surface area contributed by atoms with Gasteiger partial charge in [0.2, 0.25) is 0 Å². The van der Waals surface area contributed by atoms with Crippen LogP contribution in [0, 0.1) is 5.41 Å². The normalized spacial score (nSPS) is 17.2. The number of amides is 1. The standard InChI is InChI=1S/C23H14ClN3O2S/c24-16-8-4-7-15(11-16)20-10-9-17(29-20)12-18-21(25)27-19(14-5-2-1-3-6-14)13-30-23(27)26-22(18)28/h1-13,25H. The molecule has 2 aliphatic heterocycles. The number of thioether (sulfide) groups is 1. The van der Waals surface area contributed by atoms with Gasteiger partial charge in [-0.2, -0.15) is 4.99 Å². The molecule has 0 radical (unpaired) electrons. The van der Waals surface area contributed by atoms with Gasteiger partial charge in [0.25, 0.3) is 5.91 Å². The van der Waals surface area contributed by atoms with Crippen LogP contribution in [-0.2, 0) is 4.79 Å². The number of nitrogens with zero attached hydrogens (tertiary/aromatic N) is 2. The van der Waals surface area contributed by atoms with E-state index in [9.17, 15) is 4.79 Å². The summed E-state index contributed by atoms with van der Waals surface area (Å²) in [5.74, 6) is 0.715. The van der Waals surface area contributed by atoms with Gasteiger partial charge in [-0.25, -0.2) is 0 Å². The summed E-state index contributed by atoms with van der Waals surface area (Å²) in [6.07, 6.45) is 1.56. The molecule has 1 amide bonds. The average molecular weight is 432 g/mol. The van der Waals surface area contributed by atoms with Gasteiger partial charge in [-0.05, 0) is 35.9 Å². The number of hydrogen-bond donors (Lipinski definition) is 1. The van der Waals surface area contributed by atoms with Gasteiger partial charge in [0.05, 0.1) is 11.3 Å². The topological polar surface area (TPSA) is 69.7 Å². The molecule has 1 aromatic heterocycles. The minimum absolute atomic E-state index is 0.0748. The Morgan fingerprint density at radius 3 is 2.63 bits per heavy atom. The molecule has 2 aliphatic rings. The molecule has 1 N–H and O–H groups in total. The molecule has 146 valence electrons. The molecule has 0 atom stereocenters. The summed E-state index contributed by atoms with van der Waals surface area (Å²) in [5, 5.41) is 11.7. The summed E-state index contributed by atoms with van der Waals surface area (Å²) in [4.78, 5) is 18.5. The highest BCUT2D eigenvalue weighted by atomic mass is 35.5. The van der Waals surface area contributed by atoms with Gasteiger partial charge in [-0.15, -0.1) is 0 Å². The Labute approximate surface area is 181 Å². The first kappa shape index (κ1) is 18.7. The lowest BCUT2D eigenvalue weighted by atomic mass is 10.1. The van der Waals surface area contributed by atoms with E-state index in [0.717, 1.165) is 16.8 Å². The van der Waals surface area contributed by atoms with E-state index >= 15 is 0 Å². The maximum absolute atomic E-state index is 12.6. The van der Waals surface area contributed by atoms with Crippen molar-refractivity contribution in [3.8, 4) is 11.3 Å². The summed E-state index contributed by atoms with van der Waals surface area (Å²) >= 11 is 7.39. The van der Waals surface area contributed by atoms with Gasteiger partial charge < -0.3 is 4.42 Å². The third kappa shape index (κ3) is 3.30. The lowest BCUT2D eigenvalue weighted by Crippen LogP contribution is -2.37. The van der Waals surface area contributed by atoms with Crippen LogP contribution in [0.3, 0.4) is 0 Å². The minimum Gasteiger partial charge on any atom is -0.457 e. The molecule has 0 saturated carbocycles. The second-order valence-corrected chi connectivity index (χ2v) is 7.91. The van der Waals surface area contributed by atoms with Crippen LogP contribution in [0.15, 0.2) is 87.1 Å². The number of furan rings is 1. The van der Waals surface area contributed by atoms with Crippen LogP contribution in [0.5, 0.6) is 0 Å². The molecule has 0 spiro atoms. The number of aliphatic imine (C=N–C) groups is 1. The number of benzene rings is 2. The van der Waals surface area contributed by atoms with E-state index in [4.69, 9.17) is 21.4 Å². The molecule has 0 bridgehead atoms. The summed E-state index contributed by atoms with van der Waals surface area (Å²) < 4.78 is 5.88. The quantitative estimate of drug-likeness (QED) is 0.524. The number of halogens is 1. The highest BCUT2D eigenvalue weighted by Gasteiger charge is 2.36. The fraction of sp³-hybridized carbons (Fsp3) is 0. The molecule has 7 heteroatoms. The van der Waals surface area contributed by atoms with Gasteiger partial charge >= 0.3 is 0 Å². The lowest BCUT2D eigenvalue weighted by Gasteiger charge is -2.26. The lowest BCUT2D eigenvalue weighted by molar-refractivity contribution is -0.114. The van der Waals surface area contributed by atoms with Gasteiger partial charge in [-0.1, -0.05) is 65.8 Å². The number of carbonyl (C=O) groups is 1. The zero-order valence-corrected chi connectivity index (χ0v) is 17.1. The minimum atomic E-state index is -0.456. The van der Waals surface area contributed by atoms with Crippen molar-refractivity contribution in [2.75, 3.05) is 0 Å². The maximum Gasteiger partial charge on any atom is 0.283 e. The van der Waals surface area contributed by atoms with E-state index in [1.807, 2.05) is 53.9 Å². The van der Waals surface area contributed by atoms with Crippen LogP contribution in [-0.4, -0.2) is 21.8 Å². The Hall–Kier alpha value is -3.35. The fourth-order valence-electron chi connectivity index (χ4n) is 3.28. The van der Waals surface area contributed by atoms with Crippen molar-refractivity contribution >= 4 is 52.0 Å². The van der Waals surface area contributed by atoms with Crippen molar-refractivity contribution in [3.63, 3.8) is 0 Å². The molecule has 0 unspecified atom stereocenters. The van der Waals surface area contributed by atoms with Gasteiger partial charge in [-0.3, -0.25) is 15.1 Å². The van der Waals surface area contributed by atoms with Crippen LogP contribution in [0.4, 0.5) is 0 Å². The molecule has 30 heavy (non-hydrogen) atoms.